The number of rotatable bonds is 4. The van der Waals surface area contributed by atoms with E-state index in [0.29, 0.717) is 0 Å². The summed E-state index contributed by atoms with van der Waals surface area (Å²) in [5.74, 6) is 0.840. The Morgan fingerprint density at radius 3 is 2.44 bits per heavy atom. The van der Waals surface area contributed by atoms with Crippen molar-refractivity contribution in [3.8, 4) is 5.75 Å². The minimum atomic E-state index is -0.0282. The fourth-order valence-corrected chi connectivity index (χ4v) is 6.50. The average molecular weight is 532 g/mol. The minimum absolute atomic E-state index is 0.0282. The zero-order chi connectivity index (χ0) is 24.6. The van der Waals surface area contributed by atoms with Crippen LogP contribution in [0.15, 0.2) is 100 Å². The second-order valence-corrected chi connectivity index (χ2v) is 10.6. The maximum absolute atomic E-state index is 6.84. The third-order valence-corrected chi connectivity index (χ3v) is 8.39. The standard InChI is InChI=1S/C30H24Cl2N2OS/c1-35-22-15-13-19(14-16-22)27-18-36-30-33-28-21(17-20-7-2-4-11-25(20)31)8-6-10-24(28)29(34(27)30)23-9-3-5-12-26(23)32/h2-5,7,9,11-18,29H,6,8,10H2,1H3. The predicted molar refractivity (Wildman–Crippen MR) is 152 cm³/mol. The Balaban J connectivity index is 1.50. The van der Waals surface area contributed by atoms with E-state index in [1.54, 1.807) is 18.9 Å². The first-order valence-electron chi connectivity index (χ1n) is 12.0. The van der Waals surface area contributed by atoms with Crippen molar-refractivity contribution in [3.05, 3.63) is 122 Å². The molecule has 2 aliphatic heterocycles. The molecule has 1 unspecified atom stereocenters. The van der Waals surface area contributed by atoms with E-state index < -0.39 is 0 Å². The molecule has 0 amide bonds. The van der Waals surface area contributed by atoms with Crippen LogP contribution in [0.4, 0.5) is 0 Å². The molecule has 1 atom stereocenters. The largest absolute Gasteiger partial charge is 0.497 e. The zero-order valence-corrected chi connectivity index (χ0v) is 22.1. The van der Waals surface area contributed by atoms with Gasteiger partial charge in [0.05, 0.1) is 24.5 Å². The summed E-state index contributed by atoms with van der Waals surface area (Å²) in [5, 5.41) is 4.69. The molecule has 3 nitrogen and oxygen atoms in total. The van der Waals surface area contributed by atoms with Gasteiger partial charge < -0.3 is 9.64 Å². The lowest BCUT2D eigenvalue weighted by atomic mass is 9.82. The molecule has 3 aromatic carbocycles. The summed E-state index contributed by atoms with van der Waals surface area (Å²) in [6.07, 6.45) is 5.21. The molecule has 3 aromatic rings. The molecule has 6 rings (SSSR count). The molecule has 0 aromatic heterocycles. The summed E-state index contributed by atoms with van der Waals surface area (Å²) >= 11 is 15.0. The fourth-order valence-electron chi connectivity index (χ4n) is 5.14. The Labute approximate surface area is 225 Å². The molecule has 0 N–H and O–H groups in total. The molecule has 0 saturated carbocycles. The number of ether oxygens (including phenoxy) is 1. The lowest BCUT2D eigenvalue weighted by Crippen LogP contribution is -2.35. The average Bonchev–Trinajstić information content (AvgIpc) is 3.33. The van der Waals surface area contributed by atoms with E-state index in [1.807, 2.05) is 42.5 Å². The van der Waals surface area contributed by atoms with E-state index in [0.717, 1.165) is 68.3 Å². The second-order valence-electron chi connectivity index (χ2n) is 8.96. The van der Waals surface area contributed by atoms with Crippen molar-refractivity contribution in [2.75, 3.05) is 7.11 Å². The quantitative estimate of drug-likeness (QED) is 0.336. The molecule has 180 valence electrons. The maximum Gasteiger partial charge on any atom is 0.174 e. The first-order valence-corrected chi connectivity index (χ1v) is 13.6. The van der Waals surface area contributed by atoms with Gasteiger partial charge in [0.25, 0.3) is 0 Å². The highest BCUT2D eigenvalue weighted by molar-refractivity contribution is 8.16. The van der Waals surface area contributed by atoms with Gasteiger partial charge in [-0.05, 0) is 89.6 Å². The van der Waals surface area contributed by atoms with E-state index in [-0.39, 0.29) is 6.04 Å². The lowest BCUT2D eigenvalue weighted by Gasteiger charge is -2.40. The number of hydrogen-bond acceptors (Lipinski definition) is 4. The van der Waals surface area contributed by atoms with Crippen LogP contribution in [0.5, 0.6) is 5.75 Å². The highest BCUT2D eigenvalue weighted by Crippen LogP contribution is 2.52. The monoisotopic (exact) mass is 530 g/mol. The molecular formula is C30H24Cl2N2OS. The molecule has 1 aliphatic carbocycles. The number of halogens is 2. The molecule has 3 aliphatic rings. The molecule has 0 saturated heterocycles. The van der Waals surface area contributed by atoms with E-state index in [4.69, 9.17) is 32.9 Å². The predicted octanol–water partition coefficient (Wildman–Crippen LogP) is 8.98. The number of nitrogens with zero attached hydrogens (tertiary/aromatic N) is 2. The second kappa shape index (κ2) is 9.85. The normalized spacial score (nSPS) is 20.1. The Morgan fingerprint density at radius 2 is 1.69 bits per heavy atom. The molecule has 0 radical (unpaired) electrons. The highest BCUT2D eigenvalue weighted by atomic mass is 35.5. The number of benzene rings is 3. The van der Waals surface area contributed by atoms with Crippen molar-refractivity contribution in [2.24, 2.45) is 4.99 Å². The summed E-state index contributed by atoms with van der Waals surface area (Å²) in [7, 11) is 1.69. The van der Waals surface area contributed by atoms with Gasteiger partial charge >= 0.3 is 0 Å². The number of amidine groups is 1. The van der Waals surface area contributed by atoms with Crippen molar-refractivity contribution >= 4 is 51.9 Å². The van der Waals surface area contributed by atoms with Crippen LogP contribution in [-0.4, -0.2) is 17.2 Å². The van der Waals surface area contributed by atoms with E-state index >= 15 is 0 Å². The molecule has 2 heterocycles. The number of thioether (sulfide) groups is 1. The van der Waals surface area contributed by atoms with Gasteiger partial charge in [0.1, 0.15) is 5.75 Å². The van der Waals surface area contributed by atoms with Crippen LogP contribution >= 0.6 is 35.0 Å². The van der Waals surface area contributed by atoms with Crippen molar-refractivity contribution in [1.29, 1.82) is 0 Å². The number of methoxy groups -OCH3 is 1. The molecule has 36 heavy (non-hydrogen) atoms. The maximum atomic E-state index is 6.84. The summed E-state index contributed by atoms with van der Waals surface area (Å²) in [5.41, 5.74) is 7.98. The lowest BCUT2D eigenvalue weighted by molar-refractivity contribution is 0.414. The zero-order valence-electron chi connectivity index (χ0n) is 19.7. The van der Waals surface area contributed by atoms with Crippen molar-refractivity contribution in [3.63, 3.8) is 0 Å². The van der Waals surface area contributed by atoms with Crippen LogP contribution in [0.2, 0.25) is 10.0 Å². The summed E-state index contributed by atoms with van der Waals surface area (Å²) in [6.45, 7) is 0. The summed E-state index contributed by atoms with van der Waals surface area (Å²) in [4.78, 5) is 7.59. The number of allylic oxidation sites excluding steroid dienone is 1. The molecular weight excluding hydrogens is 507 g/mol. The van der Waals surface area contributed by atoms with Gasteiger partial charge in [0.2, 0.25) is 0 Å². The van der Waals surface area contributed by atoms with Crippen LogP contribution in [-0.2, 0) is 0 Å². The van der Waals surface area contributed by atoms with Crippen LogP contribution < -0.4 is 4.74 Å². The molecule has 6 heteroatoms. The number of fused-ring (bicyclic) bond motifs is 1. The van der Waals surface area contributed by atoms with Crippen molar-refractivity contribution in [1.82, 2.24) is 4.90 Å². The highest BCUT2D eigenvalue weighted by Gasteiger charge is 2.40. The van der Waals surface area contributed by atoms with Crippen LogP contribution in [0.25, 0.3) is 11.8 Å². The number of hydrogen-bond donors (Lipinski definition) is 0. The Morgan fingerprint density at radius 1 is 0.944 bits per heavy atom. The van der Waals surface area contributed by atoms with Gasteiger partial charge in [0.15, 0.2) is 5.17 Å². The topological polar surface area (TPSA) is 24.8 Å². The first kappa shape index (κ1) is 23.5. The fraction of sp³-hybridized carbons (Fsp3) is 0.167. The van der Waals surface area contributed by atoms with Gasteiger partial charge in [-0.15, -0.1) is 0 Å². The SMILES string of the molecule is COc1ccc(C2=CSC3=NC4=C(CCCC4=Cc4ccccc4Cl)C(c4ccccc4Cl)N23)cc1. The van der Waals surface area contributed by atoms with Crippen molar-refractivity contribution in [2.45, 2.75) is 25.3 Å². The van der Waals surface area contributed by atoms with Gasteiger partial charge in [-0.3, -0.25) is 0 Å². The van der Waals surface area contributed by atoms with E-state index in [2.05, 4.69) is 46.7 Å². The van der Waals surface area contributed by atoms with Gasteiger partial charge in [-0.2, -0.15) is 0 Å². The summed E-state index contributed by atoms with van der Waals surface area (Å²) < 4.78 is 5.38. The Hall–Kier alpha value is -2.92. The molecule has 0 fully saturated rings. The Bertz CT molecular complexity index is 1460. The van der Waals surface area contributed by atoms with Gasteiger partial charge in [0, 0.05) is 15.5 Å². The van der Waals surface area contributed by atoms with Crippen LogP contribution in [0.3, 0.4) is 0 Å². The smallest absolute Gasteiger partial charge is 0.174 e. The molecule has 0 spiro atoms. The first-order chi connectivity index (χ1) is 17.6. The molecule has 0 bridgehead atoms. The van der Waals surface area contributed by atoms with Crippen LogP contribution in [0.1, 0.15) is 42.0 Å². The Kier molecular flexibility index (Phi) is 6.43. The van der Waals surface area contributed by atoms with Gasteiger partial charge in [-0.25, -0.2) is 4.99 Å². The van der Waals surface area contributed by atoms with Crippen molar-refractivity contribution < 1.29 is 4.74 Å². The van der Waals surface area contributed by atoms with E-state index in [9.17, 15) is 0 Å². The van der Waals surface area contributed by atoms with Gasteiger partial charge in [-0.1, -0.05) is 71.4 Å². The third-order valence-electron chi connectivity index (χ3n) is 6.86. The van der Waals surface area contributed by atoms with Crippen LogP contribution in [0, 0.1) is 0 Å². The number of aliphatic imine (C=N–C) groups is 1. The van der Waals surface area contributed by atoms with E-state index in [1.165, 1.54) is 11.1 Å². The minimum Gasteiger partial charge on any atom is -0.497 e. The third kappa shape index (κ3) is 4.17. The summed E-state index contributed by atoms with van der Waals surface area (Å²) in [6, 6.07) is 24.3.